The molecular weight excluding hydrogens is 310 g/mol. The average Bonchev–Trinajstić information content (AvgIpc) is 3.13. The number of carbonyl (C=O) groups is 1. The van der Waals surface area contributed by atoms with Crippen LogP contribution >= 0.6 is 11.3 Å². The van der Waals surface area contributed by atoms with Crippen molar-refractivity contribution in [3.05, 3.63) is 46.0 Å². The van der Waals surface area contributed by atoms with Crippen molar-refractivity contribution in [1.29, 1.82) is 0 Å². The molecule has 2 aromatic heterocycles. The highest BCUT2D eigenvalue weighted by molar-refractivity contribution is 7.09. The number of nitrogens with one attached hydrogen (secondary N) is 2. The van der Waals surface area contributed by atoms with E-state index >= 15 is 0 Å². The van der Waals surface area contributed by atoms with E-state index in [0.29, 0.717) is 13.0 Å². The van der Waals surface area contributed by atoms with Gasteiger partial charge in [0.2, 0.25) is 5.91 Å². The normalized spacial score (nSPS) is 10.9. The lowest BCUT2D eigenvalue weighted by molar-refractivity contribution is -0.120. The predicted molar refractivity (Wildman–Crippen MR) is 92.1 cm³/mol. The molecule has 5 nitrogen and oxygen atoms in total. The summed E-state index contributed by atoms with van der Waals surface area (Å²) in [4.78, 5) is 19.5. The first kappa shape index (κ1) is 15.6. The number of H-pyrrole nitrogens is 1. The van der Waals surface area contributed by atoms with Gasteiger partial charge in [0.25, 0.3) is 0 Å². The number of carbonyl (C=O) groups excluding carboxylic acids is 1. The quantitative estimate of drug-likeness (QED) is 0.731. The molecule has 0 spiro atoms. The molecule has 0 atom stereocenters. The monoisotopic (exact) mass is 329 g/mol. The second-order valence-corrected chi connectivity index (χ2v) is 6.42. The van der Waals surface area contributed by atoms with Crippen LogP contribution in [0.4, 0.5) is 0 Å². The number of ether oxygens (including phenoxy) is 1. The lowest BCUT2D eigenvalue weighted by atomic mass is 10.1. The lowest BCUT2D eigenvalue weighted by Gasteiger charge is -2.04. The predicted octanol–water partition coefficient (Wildman–Crippen LogP) is 2.84. The van der Waals surface area contributed by atoms with Crippen molar-refractivity contribution in [3.8, 4) is 5.75 Å². The molecule has 0 aliphatic heterocycles. The number of hydrogen-bond donors (Lipinski definition) is 2. The highest BCUT2D eigenvalue weighted by Gasteiger charge is 2.08. The SMILES string of the molecule is COc1ccc2[nH]cc(CCNC(=O)Cc3csc(C)n3)c2c1. The van der Waals surface area contributed by atoms with E-state index in [9.17, 15) is 4.79 Å². The minimum absolute atomic E-state index is 0.00715. The molecule has 0 bridgehead atoms. The van der Waals surface area contributed by atoms with Crippen LogP contribution in [0.15, 0.2) is 29.8 Å². The molecular formula is C17H19N3O2S. The Morgan fingerprint density at radius 2 is 2.30 bits per heavy atom. The molecule has 1 aromatic carbocycles. The van der Waals surface area contributed by atoms with Crippen LogP contribution in [0.3, 0.4) is 0 Å². The summed E-state index contributed by atoms with van der Waals surface area (Å²) < 4.78 is 5.27. The third-order valence-electron chi connectivity index (χ3n) is 3.70. The van der Waals surface area contributed by atoms with Gasteiger partial charge in [-0.2, -0.15) is 0 Å². The number of fused-ring (bicyclic) bond motifs is 1. The molecule has 0 unspecified atom stereocenters. The first-order chi connectivity index (χ1) is 11.2. The van der Waals surface area contributed by atoms with Crippen LogP contribution in [0.5, 0.6) is 5.75 Å². The van der Waals surface area contributed by atoms with Gasteiger partial charge < -0.3 is 15.0 Å². The number of aryl methyl sites for hydroxylation is 1. The van der Waals surface area contributed by atoms with E-state index in [2.05, 4.69) is 15.3 Å². The molecule has 120 valence electrons. The molecule has 6 heteroatoms. The van der Waals surface area contributed by atoms with Crippen LogP contribution in [0.1, 0.15) is 16.3 Å². The summed E-state index contributed by atoms with van der Waals surface area (Å²) >= 11 is 1.57. The van der Waals surface area contributed by atoms with Gasteiger partial charge in [0.15, 0.2) is 0 Å². The van der Waals surface area contributed by atoms with Crippen molar-refractivity contribution < 1.29 is 9.53 Å². The summed E-state index contributed by atoms with van der Waals surface area (Å²) in [6.45, 7) is 2.55. The maximum Gasteiger partial charge on any atom is 0.226 e. The van der Waals surface area contributed by atoms with Gasteiger partial charge >= 0.3 is 0 Å². The number of methoxy groups -OCH3 is 1. The Balaban J connectivity index is 1.57. The summed E-state index contributed by atoms with van der Waals surface area (Å²) in [5.74, 6) is 0.842. The number of thiazole rings is 1. The average molecular weight is 329 g/mol. The Kier molecular flexibility index (Phi) is 4.62. The van der Waals surface area contributed by atoms with Crippen molar-refractivity contribution in [2.24, 2.45) is 0 Å². The van der Waals surface area contributed by atoms with E-state index in [1.807, 2.05) is 36.7 Å². The fourth-order valence-electron chi connectivity index (χ4n) is 2.54. The first-order valence-electron chi connectivity index (χ1n) is 7.47. The summed E-state index contributed by atoms with van der Waals surface area (Å²) in [7, 11) is 1.66. The molecule has 23 heavy (non-hydrogen) atoms. The van der Waals surface area contributed by atoms with Crippen LogP contribution < -0.4 is 10.1 Å². The number of aromatic amines is 1. The zero-order valence-electron chi connectivity index (χ0n) is 13.2. The van der Waals surface area contributed by atoms with E-state index in [4.69, 9.17) is 4.74 Å². The number of benzene rings is 1. The van der Waals surface area contributed by atoms with Crippen molar-refractivity contribution in [1.82, 2.24) is 15.3 Å². The highest BCUT2D eigenvalue weighted by atomic mass is 32.1. The second kappa shape index (κ2) is 6.83. The van der Waals surface area contributed by atoms with E-state index in [-0.39, 0.29) is 5.91 Å². The Bertz CT molecular complexity index is 822. The van der Waals surface area contributed by atoms with Crippen LogP contribution in [-0.2, 0) is 17.6 Å². The third kappa shape index (κ3) is 3.71. The molecule has 2 N–H and O–H groups in total. The van der Waals surface area contributed by atoms with E-state index in [1.165, 1.54) is 5.56 Å². The van der Waals surface area contributed by atoms with Gasteiger partial charge in [-0.05, 0) is 37.1 Å². The molecule has 0 fully saturated rings. The molecule has 1 amide bonds. The number of rotatable bonds is 6. The smallest absolute Gasteiger partial charge is 0.226 e. The van der Waals surface area contributed by atoms with Gasteiger partial charge in [0.1, 0.15) is 5.75 Å². The number of amides is 1. The van der Waals surface area contributed by atoms with Gasteiger partial charge in [-0.25, -0.2) is 4.98 Å². The minimum Gasteiger partial charge on any atom is -0.497 e. The molecule has 0 saturated carbocycles. The van der Waals surface area contributed by atoms with Crippen LogP contribution in [0, 0.1) is 6.92 Å². The van der Waals surface area contributed by atoms with Crippen molar-refractivity contribution in [2.45, 2.75) is 19.8 Å². The van der Waals surface area contributed by atoms with Gasteiger partial charge in [0.05, 0.1) is 24.2 Å². The Hall–Kier alpha value is -2.34. The summed E-state index contributed by atoms with van der Waals surface area (Å²) in [6, 6.07) is 5.95. The van der Waals surface area contributed by atoms with Crippen LogP contribution in [-0.4, -0.2) is 29.5 Å². The van der Waals surface area contributed by atoms with E-state index < -0.39 is 0 Å². The van der Waals surface area contributed by atoms with Gasteiger partial charge in [-0.3, -0.25) is 4.79 Å². The van der Waals surface area contributed by atoms with Crippen molar-refractivity contribution in [2.75, 3.05) is 13.7 Å². The topological polar surface area (TPSA) is 67.0 Å². The molecule has 0 aliphatic carbocycles. The Morgan fingerprint density at radius 1 is 1.43 bits per heavy atom. The Morgan fingerprint density at radius 3 is 3.04 bits per heavy atom. The summed E-state index contributed by atoms with van der Waals surface area (Å²) in [5.41, 5.74) is 3.08. The second-order valence-electron chi connectivity index (χ2n) is 5.36. The molecule has 0 saturated heterocycles. The third-order valence-corrected chi connectivity index (χ3v) is 4.52. The van der Waals surface area contributed by atoms with Crippen molar-refractivity contribution in [3.63, 3.8) is 0 Å². The summed E-state index contributed by atoms with van der Waals surface area (Å²) in [5, 5.41) is 7.00. The van der Waals surface area contributed by atoms with Gasteiger partial charge in [-0.1, -0.05) is 0 Å². The molecule has 2 heterocycles. The minimum atomic E-state index is 0.00715. The largest absolute Gasteiger partial charge is 0.497 e. The zero-order chi connectivity index (χ0) is 16.2. The first-order valence-corrected chi connectivity index (χ1v) is 8.35. The van der Waals surface area contributed by atoms with Crippen molar-refractivity contribution >= 4 is 28.1 Å². The maximum absolute atomic E-state index is 11.9. The fraction of sp³-hybridized carbons (Fsp3) is 0.294. The van der Waals surface area contributed by atoms with E-state index in [1.54, 1.807) is 18.4 Å². The van der Waals surface area contributed by atoms with Gasteiger partial charge in [0, 0.05) is 29.0 Å². The standard InChI is InChI=1S/C17H19N3O2S/c1-11-20-13(10-23-11)7-17(21)18-6-5-12-9-19-16-4-3-14(22-2)8-15(12)16/h3-4,8-10,19H,5-7H2,1-2H3,(H,18,21). The fourth-order valence-corrected chi connectivity index (χ4v) is 3.16. The molecule has 0 aliphatic rings. The van der Waals surface area contributed by atoms with E-state index in [0.717, 1.165) is 33.8 Å². The number of aromatic nitrogens is 2. The Labute approximate surface area is 138 Å². The van der Waals surface area contributed by atoms with Crippen LogP contribution in [0.25, 0.3) is 10.9 Å². The number of hydrogen-bond acceptors (Lipinski definition) is 4. The van der Waals surface area contributed by atoms with Gasteiger partial charge in [-0.15, -0.1) is 11.3 Å². The summed E-state index contributed by atoms with van der Waals surface area (Å²) in [6.07, 6.45) is 3.10. The number of nitrogens with zero attached hydrogens (tertiary/aromatic N) is 1. The van der Waals surface area contributed by atoms with Crippen LogP contribution in [0.2, 0.25) is 0 Å². The highest BCUT2D eigenvalue weighted by Crippen LogP contribution is 2.23. The molecule has 3 rings (SSSR count). The molecule has 3 aromatic rings. The zero-order valence-corrected chi connectivity index (χ0v) is 14.0. The maximum atomic E-state index is 11.9. The lowest BCUT2D eigenvalue weighted by Crippen LogP contribution is -2.27. The molecule has 0 radical (unpaired) electrons.